The molecule has 0 bridgehead atoms. The van der Waals surface area contributed by atoms with Gasteiger partial charge in [-0.2, -0.15) is 22.5 Å². The molecule has 0 atom stereocenters. The lowest BCUT2D eigenvalue weighted by atomic mass is 10.1. The van der Waals surface area contributed by atoms with E-state index in [2.05, 4.69) is 9.97 Å². The molecule has 5 nitrogen and oxygen atoms in total. The van der Waals surface area contributed by atoms with Crippen LogP contribution in [-0.4, -0.2) is 15.9 Å². The molecule has 2 aromatic heterocycles. The summed E-state index contributed by atoms with van der Waals surface area (Å²) in [6.45, 7) is 1.89. The quantitative estimate of drug-likeness (QED) is 0.392. The Morgan fingerprint density at radius 2 is 1.67 bits per heavy atom. The number of anilines is 1. The zero-order valence-electron chi connectivity index (χ0n) is 13.8. The fraction of sp³-hybridized carbons (Fsp3) is 0.118. The first-order valence-electron chi connectivity index (χ1n) is 7.61. The monoisotopic (exact) mass is 396 g/mol. The molecule has 1 amide bonds. The second-order valence-electron chi connectivity index (χ2n) is 5.50. The van der Waals surface area contributed by atoms with Crippen molar-refractivity contribution in [2.75, 3.05) is 5.43 Å². The van der Waals surface area contributed by atoms with Crippen molar-refractivity contribution in [3.63, 3.8) is 0 Å². The number of pyridine rings is 1. The summed E-state index contributed by atoms with van der Waals surface area (Å²) in [5.41, 5.74) is 5.00. The zero-order valence-corrected chi connectivity index (χ0v) is 14.6. The van der Waals surface area contributed by atoms with Crippen LogP contribution in [0.2, 0.25) is 0 Å². The number of hydrogen-bond acceptors (Lipinski definition) is 5. The standard InChI is InChI=1S/C17H12F4N4OS/c1-8-22-11(7-27-8)10-4-2-9(3-5-10)6-12(26)24-25-15-13(18)16(20)23-17(21)14(15)19/h2-5,7H,6H2,1H3,(H,23,25)(H,24,26). The lowest BCUT2D eigenvalue weighted by Gasteiger charge is -2.11. The first-order valence-corrected chi connectivity index (χ1v) is 8.49. The topological polar surface area (TPSA) is 66.9 Å². The molecule has 2 N–H and O–H groups in total. The molecule has 0 unspecified atom stereocenters. The summed E-state index contributed by atoms with van der Waals surface area (Å²) in [6.07, 6.45) is -0.122. The number of amides is 1. The van der Waals surface area contributed by atoms with Crippen molar-refractivity contribution in [2.24, 2.45) is 0 Å². The van der Waals surface area contributed by atoms with Crippen molar-refractivity contribution in [3.8, 4) is 11.3 Å². The van der Waals surface area contributed by atoms with Crippen molar-refractivity contribution in [2.45, 2.75) is 13.3 Å². The molecule has 1 aromatic carbocycles. The van der Waals surface area contributed by atoms with Gasteiger partial charge in [0.1, 0.15) is 5.69 Å². The highest BCUT2D eigenvalue weighted by Crippen LogP contribution is 2.22. The molecular weight excluding hydrogens is 384 g/mol. The van der Waals surface area contributed by atoms with Gasteiger partial charge in [0.05, 0.1) is 17.1 Å². The molecule has 0 saturated carbocycles. The normalized spacial score (nSPS) is 10.7. The van der Waals surface area contributed by atoms with E-state index in [9.17, 15) is 22.4 Å². The number of rotatable bonds is 5. The molecule has 0 aliphatic heterocycles. The average Bonchev–Trinajstić information content (AvgIpc) is 3.07. The van der Waals surface area contributed by atoms with Crippen molar-refractivity contribution in [3.05, 3.63) is 63.7 Å². The van der Waals surface area contributed by atoms with Crippen LogP contribution in [-0.2, 0) is 11.2 Å². The minimum atomic E-state index is -1.82. The van der Waals surface area contributed by atoms with Crippen molar-refractivity contribution in [1.82, 2.24) is 15.4 Å². The number of nitrogens with one attached hydrogen (secondary N) is 2. The van der Waals surface area contributed by atoms with Gasteiger partial charge in [-0.15, -0.1) is 11.3 Å². The first-order chi connectivity index (χ1) is 12.8. The minimum absolute atomic E-state index is 0.122. The second kappa shape index (κ2) is 7.70. The van der Waals surface area contributed by atoms with Gasteiger partial charge in [0.2, 0.25) is 17.5 Å². The van der Waals surface area contributed by atoms with Crippen LogP contribution in [0.3, 0.4) is 0 Å². The van der Waals surface area contributed by atoms with Gasteiger partial charge in [0, 0.05) is 10.9 Å². The molecule has 0 spiro atoms. The summed E-state index contributed by atoms with van der Waals surface area (Å²) in [5.74, 6) is -7.78. The number of hydrazine groups is 1. The Bertz CT molecular complexity index is 965. The van der Waals surface area contributed by atoms with Crippen LogP contribution in [0.4, 0.5) is 23.2 Å². The Hall–Kier alpha value is -3.01. The number of aromatic nitrogens is 2. The molecule has 0 aliphatic carbocycles. The van der Waals surface area contributed by atoms with Crippen LogP contribution in [0.1, 0.15) is 10.6 Å². The number of thiazole rings is 1. The third kappa shape index (κ3) is 4.22. The summed E-state index contributed by atoms with van der Waals surface area (Å²) in [4.78, 5) is 18.7. The summed E-state index contributed by atoms with van der Waals surface area (Å²) < 4.78 is 53.0. The third-order valence-corrected chi connectivity index (χ3v) is 4.33. The van der Waals surface area contributed by atoms with Gasteiger partial charge < -0.3 is 0 Å². The van der Waals surface area contributed by atoms with E-state index in [-0.39, 0.29) is 6.42 Å². The molecule has 140 valence electrons. The van der Waals surface area contributed by atoms with Crippen LogP contribution < -0.4 is 10.9 Å². The maximum absolute atomic E-state index is 13.5. The van der Waals surface area contributed by atoms with Crippen molar-refractivity contribution >= 4 is 22.9 Å². The van der Waals surface area contributed by atoms with E-state index >= 15 is 0 Å². The van der Waals surface area contributed by atoms with E-state index < -0.39 is 35.1 Å². The Morgan fingerprint density at radius 3 is 2.22 bits per heavy atom. The third-order valence-electron chi connectivity index (χ3n) is 3.56. The Labute approximate surface area is 155 Å². The summed E-state index contributed by atoms with van der Waals surface area (Å²) in [5, 5.41) is 2.85. The maximum Gasteiger partial charge on any atom is 0.254 e. The van der Waals surface area contributed by atoms with Gasteiger partial charge in [-0.25, -0.2) is 4.98 Å². The Kier molecular flexibility index (Phi) is 5.36. The summed E-state index contributed by atoms with van der Waals surface area (Å²) >= 11 is 1.52. The molecule has 0 fully saturated rings. The number of halogens is 4. The minimum Gasteiger partial charge on any atom is -0.293 e. The van der Waals surface area contributed by atoms with Gasteiger partial charge in [0.25, 0.3) is 11.9 Å². The van der Waals surface area contributed by atoms with Gasteiger partial charge in [-0.05, 0) is 12.5 Å². The Morgan fingerprint density at radius 1 is 1.04 bits per heavy atom. The maximum atomic E-state index is 13.5. The average molecular weight is 396 g/mol. The van der Waals surface area contributed by atoms with E-state index in [4.69, 9.17) is 0 Å². The van der Waals surface area contributed by atoms with Crippen LogP contribution in [0, 0.1) is 30.5 Å². The number of nitrogens with zero attached hydrogens (tertiary/aromatic N) is 2. The van der Waals surface area contributed by atoms with E-state index in [1.165, 1.54) is 11.3 Å². The zero-order chi connectivity index (χ0) is 19.6. The lowest BCUT2D eigenvalue weighted by molar-refractivity contribution is -0.119. The fourth-order valence-electron chi connectivity index (χ4n) is 2.25. The largest absolute Gasteiger partial charge is 0.293 e. The lowest BCUT2D eigenvalue weighted by Crippen LogP contribution is -2.32. The molecule has 0 radical (unpaired) electrons. The van der Waals surface area contributed by atoms with Gasteiger partial charge in [-0.1, -0.05) is 24.3 Å². The Balaban J connectivity index is 1.63. The number of aryl methyl sites for hydroxylation is 1. The molecule has 3 aromatic rings. The van der Waals surface area contributed by atoms with Crippen LogP contribution in [0.5, 0.6) is 0 Å². The van der Waals surface area contributed by atoms with E-state index in [1.54, 1.807) is 24.3 Å². The van der Waals surface area contributed by atoms with Crippen LogP contribution in [0.15, 0.2) is 29.6 Å². The van der Waals surface area contributed by atoms with Crippen molar-refractivity contribution < 1.29 is 22.4 Å². The molecule has 27 heavy (non-hydrogen) atoms. The summed E-state index contributed by atoms with van der Waals surface area (Å²) in [6, 6.07) is 6.99. The predicted molar refractivity (Wildman–Crippen MR) is 91.8 cm³/mol. The van der Waals surface area contributed by atoms with E-state index in [0.717, 1.165) is 16.3 Å². The highest BCUT2D eigenvalue weighted by Gasteiger charge is 2.21. The molecule has 3 rings (SSSR count). The number of carbonyl (C=O) groups is 1. The predicted octanol–water partition coefficient (Wildman–Crippen LogP) is 3.76. The molecule has 0 saturated heterocycles. The van der Waals surface area contributed by atoms with Gasteiger partial charge in [0.15, 0.2) is 0 Å². The fourth-order valence-corrected chi connectivity index (χ4v) is 2.87. The molecule has 10 heteroatoms. The van der Waals surface area contributed by atoms with Crippen molar-refractivity contribution in [1.29, 1.82) is 0 Å². The van der Waals surface area contributed by atoms with E-state index in [1.807, 2.05) is 23.2 Å². The molecule has 2 heterocycles. The summed E-state index contributed by atoms with van der Waals surface area (Å²) in [7, 11) is 0. The smallest absolute Gasteiger partial charge is 0.254 e. The van der Waals surface area contributed by atoms with Gasteiger partial charge in [-0.3, -0.25) is 15.6 Å². The van der Waals surface area contributed by atoms with Gasteiger partial charge >= 0.3 is 0 Å². The number of hydrogen-bond donors (Lipinski definition) is 2. The van der Waals surface area contributed by atoms with E-state index in [0.29, 0.717) is 5.56 Å². The number of carbonyl (C=O) groups excluding carboxylic acids is 1. The van der Waals surface area contributed by atoms with Crippen LogP contribution in [0.25, 0.3) is 11.3 Å². The SMILES string of the molecule is Cc1nc(-c2ccc(CC(=O)NNc3c(F)c(F)nc(F)c3F)cc2)cs1. The molecular formula is C17H12F4N4OS. The first kappa shape index (κ1) is 18.8. The molecule has 0 aliphatic rings. The highest BCUT2D eigenvalue weighted by atomic mass is 32.1. The second-order valence-corrected chi connectivity index (χ2v) is 6.56. The highest BCUT2D eigenvalue weighted by molar-refractivity contribution is 7.09. The van der Waals surface area contributed by atoms with Crippen LogP contribution >= 0.6 is 11.3 Å². The number of benzene rings is 1.